The van der Waals surface area contributed by atoms with Crippen molar-refractivity contribution >= 4 is 28.3 Å². The fourth-order valence-electron chi connectivity index (χ4n) is 2.34. The Morgan fingerprint density at radius 3 is 2.65 bits per heavy atom. The topological polar surface area (TPSA) is 22.0 Å². The lowest BCUT2D eigenvalue weighted by Crippen LogP contribution is -2.05. The minimum atomic E-state index is 0.162. The Kier molecular flexibility index (Phi) is 3.57. The molecule has 0 unspecified atom stereocenters. The van der Waals surface area contributed by atoms with E-state index in [4.69, 9.17) is 11.6 Å². The molecule has 0 radical (unpaired) electrons. The number of benzene rings is 2. The third kappa shape index (κ3) is 2.61. The average molecular weight is 284 g/mol. The molecule has 100 valence electrons. The van der Waals surface area contributed by atoms with Crippen LogP contribution < -0.4 is 0 Å². The number of carbonyl (C=O) groups excluding carboxylic acids is 1. The van der Waals surface area contributed by atoms with Crippen molar-refractivity contribution in [3.05, 3.63) is 71.4 Å². The Bertz CT molecular complexity index is 746. The lowest BCUT2D eigenvalue weighted by molar-refractivity contribution is 0.0977. The zero-order chi connectivity index (χ0) is 13.9. The third-order valence-corrected chi connectivity index (χ3v) is 3.65. The number of nitrogens with zero attached hydrogens (tertiary/aromatic N) is 1. The number of hydrogen-bond donors (Lipinski definition) is 0. The molecular formula is C17H14ClNO. The minimum Gasteiger partial charge on any atom is -0.347 e. The highest BCUT2D eigenvalue weighted by Crippen LogP contribution is 2.21. The van der Waals surface area contributed by atoms with Crippen LogP contribution in [0.25, 0.3) is 10.9 Å². The Morgan fingerprint density at radius 1 is 1.05 bits per heavy atom. The number of aromatic nitrogens is 1. The average Bonchev–Trinajstić information content (AvgIpc) is 2.88. The van der Waals surface area contributed by atoms with Gasteiger partial charge in [-0.25, -0.2) is 0 Å². The molecule has 1 aromatic heterocycles. The van der Waals surface area contributed by atoms with Crippen LogP contribution in [0.15, 0.2) is 60.8 Å². The summed E-state index contributed by atoms with van der Waals surface area (Å²) in [6.45, 7) is 0.664. The molecule has 3 rings (SSSR count). The minimum absolute atomic E-state index is 0.162. The first-order chi connectivity index (χ1) is 9.74. The summed E-state index contributed by atoms with van der Waals surface area (Å²) in [5.41, 5.74) is 1.83. The third-order valence-electron chi connectivity index (χ3n) is 3.41. The molecule has 0 fully saturated rings. The van der Waals surface area contributed by atoms with Crippen molar-refractivity contribution in [1.82, 2.24) is 4.57 Å². The fraction of sp³-hybridized carbons (Fsp3) is 0.118. The predicted octanol–water partition coefficient (Wildman–Crippen LogP) is 4.57. The van der Waals surface area contributed by atoms with Crippen molar-refractivity contribution in [3.8, 4) is 0 Å². The Morgan fingerprint density at radius 2 is 1.85 bits per heavy atom. The maximum Gasteiger partial charge on any atom is 0.164 e. The second kappa shape index (κ2) is 5.51. The molecule has 2 nitrogen and oxygen atoms in total. The molecule has 2 aromatic carbocycles. The van der Waals surface area contributed by atoms with E-state index in [0.717, 1.165) is 16.5 Å². The van der Waals surface area contributed by atoms with Gasteiger partial charge in [0.2, 0.25) is 0 Å². The molecular weight excluding hydrogens is 270 g/mol. The first kappa shape index (κ1) is 12.9. The van der Waals surface area contributed by atoms with Gasteiger partial charge in [-0.2, -0.15) is 0 Å². The summed E-state index contributed by atoms with van der Waals surface area (Å²) < 4.78 is 2.07. The summed E-state index contributed by atoms with van der Waals surface area (Å²) in [4.78, 5) is 12.1. The van der Waals surface area contributed by atoms with Gasteiger partial charge >= 0.3 is 0 Å². The molecule has 0 bridgehead atoms. The van der Waals surface area contributed by atoms with E-state index in [0.29, 0.717) is 18.0 Å². The van der Waals surface area contributed by atoms with Gasteiger partial charge in [-0.05, 0) is 23.6 Å². The van der Waals surface area contributed by atoms with Crippen LogP contribution in [0.4, 0.5) is 0 Å². The van der Waals surface area contributed by atoms with E-state index in [9.17, 15) is 4.79 Å². The maximum atomic E-state index is 12.1. The summed E-state index contributed by atoms with van der Waals surface area (Å²) in [6, 6.07) is 17.2. The van der Waals surface area contributed by atoms with Crippen molar-refractivity contribution in [3.63, 3.8) is 0 Å². The summed E-state index contributed by atoms with van der Waals surface area (Å²) in [7, 11) is 0. The summed E-state index contributed by atoms with van der Waals surface area (Å²) >= 11 is 6.03. The highest BCUT2D eigenvalue weighted by Gasteiger charge is 2.07. The Hall–Kier alpha value is -2.06. The molecule has 0 amide bonds. The number of rotatable bonds is 4. The van der Waals surface area contributed by atoms with Gasteiger partial charge in [-0.1, -0.05) is 48.0 Å². The fourth-order valence-corrected chi connectivity index (χ4v) is 2.51. The van der Waals surface area contributed by atoms with E-state index >= 15 is 0 Å². The molecule has 0 aliphatic carbocycles. The highest BCUT2D eigenvalue weighted by molar-refractivity contribution is 6.31. The quantitative estimate of drug-likeness (QED) is 0.643. The van der Waals surface area contributed by atoms with Gasteiger partial charge in [0.25, 0.3) is 0 Å². The number of halogens is 1. The lowest BCUT2D eigenvalue weighted by atomic mass is 10.1. The van der Waals surface area contributed by atoms with Crippen molar-refractivity contribution in [2.24, 2.45) is 0 Å². The first-order valence-electron chi connectivity index (χ1n) is 6.57. The van der Waals surface area contributed by atoms with Gasteiger partial charge < -0.3 is 4.57 Å². The van der Waals surface area contributed by atoms with E-state index in [-0.39, 0.29) is 5.78 Å². The molecule has 0 aliphatic heterocycles. The zero-order valence-corrected chi connectivity index (χ0v) is 11.7. The molecule has 0 aliphatic rings. The van der Waals surface area contributed by atoms with Crippen LogP contribution in [0.5, 0.6) is 0 Å². The van der Waals surface area contributed by atoms with E-state index in [2.05, 4.69) is 4.57 Å². The molecule has 0 spiro atoms. The van der Waals surface area contributed by atoms with Crippen molar-refractivity contribution in [2.45, 2.75) is 13.0 Å². The van der Waals surface area contributed by atoms with Gasteiger partial charge in [0.1, 0.15) is 0 Å². The summed E-state index contributed by atoms with van der Waals surface area (Å²) in [5, 5.41) is 1.85. The Labute approximate surface area is 122 Å². The van der Waals surface area contributed by atoms with Crippen LogP contribution in [-0.2, 0) is 6.54 Å². The van der Waals surface area contributed by atoms with Gasteiger partial charge in [-0.3, -0.25) is 4.79 Å². The second-order valence-electron chi connectivity index (χ2n) is 4.75. The van der Waals surface area contributed by atoms with Gasteiger partial charge in [0.15, 0.2) is 5.78 Å². The Balaban J connectivity index is 1.77. The van der Waals surface area contributed by atoms with E-state index in [1.54, 1.807) is 0 Å². The smallest absolute Gasteiger partial charge is 0.164 e. The van der Waals surface area contributed by atoms with Crippen molar-refractivity contribution in [1.29, 1.82) is 0 Å². The highest BCUT2D eigenvalue weighted by atomic mass is 35.5. The normalized spacial score (nSPS) is 10.8. The second-order valence-corrected chi connectivity index (χ2v) is 5.19. The molecule has 0 saturated carbocycles. The molecule has 3 aromatic rings. The van der Waals surface area contributed by atoms with Crippen molar-refractivity contribution in [2.75, 3.05) is 0 Å². The standard InChI is InChI=1S/C17H14ClNO/c18-15-7-6-13-8-10-19(16(13)12-15)11-9-17(20)14-4-2-1-3-5-14/h1-8,10,12H,9,11H2. The van der Waals surface area contributed by atoms with Crippen LogP contribution >= 0.6 is 11.6 Å². The van der Waals surface area contributed by atoms with Crippen LogP contribution in [0.3, 0.4) is 0 Å². The maximum absolute atomic E-state index is 12.1. The summed E-state index contributed by atoms with van der Waals surface area (Å²) in [6.07, 6.45) is 2.49. The molecule has 0 saturated heterocycles. The number of aryl methyl sites for hydroxylation is 1. The van der Waals surface area contributed by atoms with Gasteiger partial charge in [0.05, 0.1) is 0 Å². The molecule has 0 N–H and O–H groups in total. The number of Topliss-reactive ketones (excluding diaryl/α,β-unsaturated/α-hetero) is 1. The number of fused-ring (bicyclic) bond motifs is 1. The van der Waals surface area contributed by atoms with Crippen LogP contribution in [0.1, 0.15) is 16.8 Å². The lowest BCUT2D eigenvalue weighted by Gasteiger charge is -2.05. The van der Waals surface area contributed by atoms with Crippen molar-refractivity contribution < 1.29 is 4.79 Å². The molecule has 1 heterocycles. The predicted molar refractivity (Wildman–Crippen MR) is 82.3 cm³/mol. The number of hydrogen-bond acceptors (Lipinski definition) is 1. The number of ketones is 1. The zero-order valence-electron chi connectivity index (χ0n) is 10.9. The first-order valence-corrected chi connectivity index (χ1v) is 6.94. The number of carbonyl (C=O) groups is 1. The SMILES string of the molecule is O=C(CCn1ccc2ccc(Cl)cc21)c1ccccc1. The van der Waals surface area contributed by atoms with Crippen LogP contribution in [-0.4, -0.2) is 10.4 Å². The largest absolute Gasteiger partial charge is 0.347 e. The monoisotopic (exact) mass is 283 g/mol. The molecule has 3 heteroatoms. The van der Waals surface area contributed by atoms with E-state index in [1.807, 2.05) is 60.8 Å². The molecule has 0 atom stereocenters. The van der Waals surface area contributed by atoms with Crippen LogP contribution in [0.2, 0.25) is 5.02 Å². The summed E-state index contributed by atoms with van der Waals surface area (Å²) in [5.74, 6) is 0.162. The van der Waals surface area contributed by atoms with Crippen LogP contribution in [0, 0.1) is 0 Å². The van der Waals surface area contributed by atoms with Gasteiger partial charge in [-0.15, -0.1) is 0 Å². The van der Waals surface area contributed by atoms with Gasteiger partial charge in [0, 0.05) is 35.3 Å². The van der Waals surface area contributed by atoms with E-state index in [1.165, 1.54) is 0 Å². The van der Waals surface area contributed by atoms with E-state index < -0.39 is 0 Å². The molecule has 20 heavy (non-hydrogen) atoms.